The van der Waals surface area contributed by atoms with Crippen molar-refractivity contribution in [1.29, 1.82) is 0 Å². The summed E-state index contributed by atoms with van der Waals surface area (Å²) in [6.07, 6.45) is 0.997. The van der Waals surface area contributed by atoms with E-state index in [0.717, 1.165) is 41.2 Å². The number of methoxy groups -OCH3 is 2. The van der Waals surface area contributed by atoms with Crippen LogP contribution in [0.2, 0.25) is 0 Å². The van der Waals surface area contributed by atoms with Crippen molar-refractivity contribution in [3.63, 3.8) is 0 Å². The van der Waals surface area contributed by atoms with E-state index < -0.39 is 0 Å². The molecule has 0 saturated carbocycles. The first-order valence-corrected chi connectivity index (χ1v) is 10.1. The molecule has 4 aromatic rings. The Labute approximate surface area is 176 Å². The molecule has 1 heterocycles. The van der Waals surface area contributed by atoms with Crippen molar-refractivity contribution in [3.8, 4) is 28.6 Å². The number of nitrogens with zero attached hydrogens (tertiary/aromatic N) is 2. The average Bonchev–Trinajstić information content (AvgIpc) is 3.16. The molecule has 0 radical (unpaired) electrons. The van der Waals surface area contributed by atoms with E-state index >= 15 is 0 Å². The van der Waals surface area contributed by atoms with E-state index in [1.54, 1.807) is 14.2 Å². The van der Waals surface area contributed by atoms with Gasteiger partial charge in [0.25, 0.3) is 0 Å². The third-order valence-corrected chi connectivity index (χ3v) is 5.03. The number of ether oxygens (including phenoxy) is 3. The van der Waals surface area contributed by atoms with Crippen LogP contribution in [0.3, 0.4) is 0 Å². The fourth-order valence-electron chi connectivity index (χ4n) is 3.52. The van der Waals surface area contributed by atoms with Crippen molar-refractivity contribution in [2.45, 2.75) is 19.9 Å². The summed E-state index contributed by atoms with van der Waals surface area (Å²) in [7, 11) is 3.29. The summed E-state index contributed by atoms with van der Waals surface area (Å²) in [6.45, 7) is 3.54. The predicted molar refractivity (Wildman–Crippen MR) is 120 cm³/mol. The minimum atomic E-state index is 0.686. The topological polar surface area (TPSA) is 45.5 Å². The molecule has 3 aromatic carbocycles. The zero-order chi connectivity index (χ0) is 20.9. The number of hydrogen-bond acceptors (Lipinski definition) is 4. The Morgan fingerprint density at radius 2 is 1.63 bits per heavy atom. The lowest BCUT2D eigenvalue weighted by atomic mass is 10.1. The lowest BCUT2D eigenvalue weighted by molar-refractivity contribution is 0.317. The minimum Gasteiger partial charge on any atom is -0.494 e. The second kappa shape index (κ2) is 8.91. The van der Waals surface area contributed by atoms with Crippen LogP contribution in [0.4, 0.5) is 0 Å². The van der Waals surface area contributed by atoms with Gasteiger partial charge in [0.15, 0.2) is 11.5 Å². The van der Waals surface area contributed by atoms with E-state index in [9.17, 15) is 0 Å². The number of rotatable bonds is 8. The number of benzene rings is 3. The van der Waals surface area contributed by atoms with E-state index in [0.29, 0.717) is 18.0 Å². The summed E-state index contributed by atoms with van der Waals surface area (Å²) in [5.74, 6) is 3.18. The molecule has 0 bridgehead atoms. The fourth-order valence-corrected chi connectivity index (χ4v) is 3.52. The van der Waals surface area contributed by atoms with Gasteiger partial charge in [-0.1, -0.05) is 31.2 Å². The van der Waals surface area contributed by atoms with Crippen LogP contribution in [0.5, 0.6) is 17.2 Å². The van der Waals surface area contributed by atoms with Crippen LogP contribution in [0.15, 0.2) is 66.7 Å². The summed E-state index contributed by atoms with van der Waals surface area (Å²) < 4.78 is 18.8. The molecular weight excluding hydrogens is 376 g/mol. The molecule has 0 unspecified atom stereocenters. The Hall–Kier alpha value is -3.47. The maximum Gasteiger partial charge on any atom is 0.161 e. The van der Waals surface area contributed by atoms with Gasteiger partial charge in [-0.25, -0.2) is 4.98 Å². The fraction of sp³-hybridized carbons (Fsp3) is 0.240. The Kier molecular flexibility index (Phi) is 5.89. The van der Waals surface area contributed by atoms with E-state index in [1.807, 2.05) is 48.5 Å². The van der Waals surface area contributed by atoms with Crippen LogP contribution in [-0.2, 0) is 6.54 Å². The van der Waals surface area contributed by atoms with Crippen molar-refractivity contribution in [1.82, 2.24) is 9.55 Å². The smallest absolute Gasteiger partial charge is 0.161 e. The standard InChI is InChI=1S/C25H26N2O3/c1-4-15-30-20-12-9-18(10-13-20)17-27-22-8-6-5-7-21(22)26-25(27)19-11-14-23(28-2)24(16-19)29-3/h5-14,16H,4,15,17H2,1-3H3. The molecule has 154 valence electrons. The molecule has 30 heavy (non-hydrogen) atoms. The zero-order valence-electron chi connectivity index (χ0n) is 17.6. The molecule has 0 amide bonds. The highest BCUT2D eigenvalue weighted by Crippen LogP contribution is 2.33. The Morgan fingerprint density at radius 1 is 0.867 bits per heavy atom. The lowest BCUT2D eigenvalue weighted by Gasteiger charge is -2.13. The van der Waals surface area contributed by atoms with Gasteiger partial charge in [-0.05, 0) is 54.4 Å². The highest BCUT2D eigenvalue weighted by molar-refractivity contribution is 5.81. The third kappa shape index (κ3) is 3.96. The highest BCUT2D eigenvalue weighted by Gasteiger charge is 2.15. The van der Waals surface area contributed by atoms with E-state index in [4.69, 9.17) is 19.2 Å². The Bertz CT molecular complexity index is 1130. The van der Waals surface area contributed by atoms with E-state index in [1.165, 1.54) is 5.56 Å². The van der Waals surface area contributed by atoms with Gasteiger partial charge < -0.3 is 18.8 Å². The Balaban J connectivity index is 1.74. The number of para-hydroxylation sites is 2. The van der Waals surface area contributed by atoms with Gasteiger partial charge in [0, 0.05) is 12.1 Å². The van der Waals surface area contributed by atoms with Crippen LogP contribution in [-0.4, -0.2) is 30.4 Å². The van der Waals surface area contributed by atoms with Crippen LogP contribution in [0.25, 0.3) is 22.4 Å². The summed E-state index contributed by atoms with van der Waals surface area (Å²) in [5.41, 5.74) is 4.22. The van der Waals surface area contributed by atoms with E-state index in [-0.39, 0.29) is 0 Å². The first-order valence-electron chi connectivity index (χ1n) is 10.1. The molecule has 0 aliphatic heterocycles. The second-order valence-corrected chi connectivity index (χ2v) is 7.07. The van der Waals surface area contributed by atoms with Crippen molar-refractivity contribution in [2.24, 2.45) is 0 Å². The number of hydrogen-bond donors (Lipinski definition) is 0. The van der Waals surface area contributed by atoms with Gasteiger partial charge in [0.05, 0.1) is 31.9 Å². The normalized spacial score (nSPS) is 10.9. The minimum absolute atomic E-state index is 0.686. The molecule has 0 aliphatic carbocycles. The molecule has 4 rings (SSSR count). The summed E-state index contributed by atoms with van der Waals surface area (Å²) in [4.78, 5) is 4.91. The molecular formula is C25H26N2O3. The molecule has 1 aromatic heterocycles. The molecule has 0 aliphatic rings. The summed E-state index contributed by atoms with van der Waals surface area (Å²) >= 11 is 0. The second-order valence-electron chi connectivity index (χ2n) is 7.07. The average molecular weight is 402 g/mol. The molecule has 0 atom stereocenters. The van der Waals surface area contributed by atoms with Gasteiger partial charge >= 0.3 is 0 Å². The summed E-state index contributed by atoms with van der Waals surface area (Å²) in [6, 6.07) is 22.4. The van der Waals surface area contributed by atoms with Crippen molar-refractivity contribution in [3.05, 3.63) is 72.3 Å². The molecule has 0 fully saturated rings. The number of fused-ring (bicyclic) bond motifs is 1. The number of imidazole rings is 1. The quantitative estimate of drug-likeness (QED) is 0.387. The first kappa shape index (κ1) is 19.8. The molecule has 5 nitrogen and oxygen atoms in total. The van der Waals surface area contributed by atoms with Crippen LogP contribution < -0.4 is 14.2 Å². The summed E-state index contributed by atoms with van der Waals surface area (Å²) in [5, 5.41) is 0. The molecule has 5 heteroatoms. The maximum absolute atomic E-state index is 5.71. The molecule has 0 spiro atoms. The lowest BCUT2D eigenvalue weighted by Crippen LogP contribution is -2.03. The maximum atomic E-state index is 5.71. The highest BCUT2D eigenvalue weighted by atomic mass is 16.5. The van der Waals surface area contributed by atoms with Crippen molar-refractivity contribution in [2.75, 3.05) is 20.8 Å². The predicted octanol–water partition coefficient (Wildman–Crippen LogP) is 5.56. The zero-order valence-corrected chi connectivity index (χ0v) is 17.6. The Morgan fingerprint density at radius 3 is 2.37 bits per heavy atom. The van der Waals surface area contributed by atoms with Crippen molar-refractivity contribution < 1.29 is 14.2 Å². The molecule has 0 saturated heterocycles. The largest absolute Gasteiger partial charge is 0.494 e. The number of aromatic nitrogens is 2. The van der Waals surface area contributed by atoms with Gasteiger partial charge in [-0.2, -0.15) is 0 Å². The van der Waals surface area contributed by atoms with Crippen LogP contribution in [0, 0.1) is 0 Å². The van der Waals surface area contributed by atoms with Gasteiger partial charge in [0.1, 0.15) is 11.6 Å². The first-order chi connectivity index (χ1) is 14.7. The van der Waals surface area contributed by atoms with Gasteiger partial charge in [-0.3, -0.25) is 0 Å². The van der Waals surface area contributed by atoms with Crippen molar-refractivity contribution >= 4 is 11.0 Å². The molecule has 0 N–H and O–H groups in total. The van der Waals surface area contributed by atoms with E-state index in [2.05, 4.69) is 29.7 Å². The SMILES string of the molecule is CCCOc1ccc(Cn2c(-c3ccc(OC)c(OC)c3)nc3ccccc32)cc1. The monoisotopic (exact) mass is 402 g/mol. The third-order valence-electron chi connectivity index (χ3n) is 5.03. The van der Waals surface area contributed by atoms with Gasteiger partial charge in [0.2, 0.25) is 0 Å². The van der Waals surface area contributed by atoms with Gasteiger partial charge in [-0.15, -0.1) is 0 Å². The van der Waals surface area contributed by atoms with Crippen LogP contribution in [0.1, 0.15) is 18.9 Å². The van der Waals surface area contributed by atoms with Crippen LogP contribution >= 0.6 is 0 Å².